The molecule has 0 fully saturated rings. The van der Waals surface area contributed by atoms with Crippen molar-refractivity contribution in [3.63, 3.8) is 0 Å². The highest BCUT2D eigenvalue weighted by molar-refractivity contribution is 7.92. The van der Waals surface area contributed by atoms with Crippen molar-refractivity contribution in [2.24, 2.45) is 0 Å². The minimum absolute atomic E-state index is 0.224. The number of sulfonamides is 1. The molecule has 4 aromatic carbocycles. The predicted octanol–water partition coefficient (Wildman–Crippen LogP) is 6.79. The predicted molar refractivity (Wildman–Crippen MR) is 168 cm³/mol. The first-order chi connectivity index (χ1) is 21.0. The Labute approximate surface area is 252 Å². The number of carbonyl (C=O) groups excluding carboxylic acids is 1. The van der Waals surface area contributed by atoms with Gasteiger partial charge in [-0.3, -0.25) is 9.10 Å². The lowest BCUT2D eigenvalue weighted by atomic mass is 9.97. The number of nitrogens with zero attached hydrogens (tertiary/aromatic N) is 2. The van der Waals surface area contributed by atoms with Gasteiger partial charge in [-0.2, -0.15) is 0 Å². The molecule has 0 bridgehead atoms. The van der Waals surface area contributed by atoms with Gasteiger partial charge in [-0.05, 0) is 66.6 Å². The molecule has 44 heavy (non-hydrogen) atoms. The molecule has 1 amide bonds. The Kier molecular flexibility index (Phi) is 7.13. The molecule has 9 nitrogen and oxygen atoms in total. The minimum Gasteiger partial charge on any atom is -0.496 e. The Morgan fingerprint density at radius 3 is 2.34 bits per heavy atom. The molecule has 6 aromatic rings. The van der Waals surface area contributed by atoms with Gasteiger partial charge in [-0.15, -0.1) is 0 Å². The fraction of sp³-hybridized carbons (Fsp3) is 0.152. The minimum atomic E-state index is -3.72. The number of halogens is 1. The summed E-state index contributed by atoms with van der Waals surface area (Å²) in [4.78, 5) is 17.9. The molecule has 0 aliphatic rings. The number of rotatable bonds is 7. The highest BCUT2D eigenvalue weighted by Gasteiger charge is 2.26. The molecule has 224 valence electrons. The lowest BCUT2D eigenvalue weighted by Gasteiger charge is -2.21. The maximum Gasteiger partial charge on any atom is 0.255 e. The number of hydrogen-bond donors (Lipinski definition) is 1. The van der Waals surface area contributed by atoms with Crippen LogP contribution in [0.2, 0.25) is 0 Å². The maximum atomic E-state index is 13.7. The van der Waals surface area contributed by atoms with Crippen LogP contribution in [-0.4, -0.2) is 46.8 Å². The summed E-state index contributed by atoms with van der Waals surface area (Å²) in [6.07, 6.45) is 1.10. The van der Waals surface area contributed by atoms with E-state index in [1.54, 1.807) is 37.4 Å². The maximum absolute atomic E-state index is 13.7. The first-order valence-electron chi connectivity index (χ1n) is 13.6. The average Bonchev–Trinajstić information content (AvgIpc) is 3.62. The average molecular weight is 614 g/mol. The molecule has 0 unspecified atom stereocenters. The number of nitrogens with one attached hydrogen (secondary N) is 1. The molecular weight excluding hydrogens is 585 g/mol. The monoisotopic (exact) mass is 613 g/mol. The second-order valence-electron chi connectivity index (χ2n) is 10.3. The third-order valence-corrected chi connectivity index (χ3v) is 8.76. The highest BCUT2D eigenvalue weighted by Crippen LogP contribution is 2.43. The third kappa shape index (κ3) is 4.94. The Morgan fingerprint density at radius 1 is 0.955 bits per heavy atom. The van der Waals surface area contributed by atoms with E-state index in [-0.39, 0.29) is 16.9 Å². The van der Waals surface area contributed by atoms with Crippen molar-refractivity contribution in [3.8, 4) is 39.7 Å². The SMILES string of the molecule is CNC(=O)c1c(-c2ccc(F)cc2)oc2cc(N(C)S(C)(=O)=O)c(-c3ccc(OC)c(-c4nc5c(C)cccc5o4)c3)cc12. The van der Waals surface area contributed by atoms with E-state index in [1.807, 2.05) is 25.1 Å². The van der Waals surface area contributed by atoms with Crippen molar-refractivity contribution in [3.05, 3.63) is 89.7 Å². The smallest absolute Gasteiger partial charge is 0.255 e. The second-order valence-corrected chi connectivity index (χ2v) is 12.4. The van der Waals surface area contributed by atoms with Gasteiger partial charge in [0.1, 0.15) is 28.4 Å². The molecule has 2 aromatic heterocycles. The van der Waals surface area contributed by atoms with Crippen LogP contribution in [0.15, 0.2) is 81.6 Å². The van der Waals surface area contributed by atoms with Crippen LogP contribution >= 0.6 is 0 Å². The van der Waals surface area contributed by atoms with Crippen molar-refractivity contribution in [1.29, 1.82) is 0 Å². The Bertz CT molecular complexity index is 2190. The first kappa shape index (κ1) is 28.9. The van der Waals surface area contributed by atoms with Crippen molar-refractivity contribution >= 4 is 43.7 Å². The normalized spacial score (nSPS) is 11.7. The first-order valence-corrected chi connectivity index (χ1v) is 15.4. The number of anilines is 1. The van der Waals surface area contributed by atoms with Crippen LogP contribution in [0.3, 0.4) is 0 Å². The molecule has 11 heteroatoms. The number of fused-ring (bicyclic) bond motifs is 2. The molecule has 0 radical (unpaired) electrons. The van der Waals surface area contributed by atoms with Crippen molar-refractivity contribution < 1.29 is 31.2 Å². The number of furan rings is 1. The van der Waals surface area contributed by atoms with Crippen LogP contribution < -0.4 is 14.4 Å². The van der Waals surface area contributed by atoms with Crippen LogP contribution in [0.25, 0.3) is 56.0 Å². The van der Waals surface area contributed by atoms with Crippen molar-refractivity contribution in [1.82, 2.24) is 10.3 Å². The number of benzene rings is 4. The lowest BCUT2D eigenvalue weighted by Crippen LogP contribution is -2.25. The zero-order chi connectivity index (χ0) is 31.3. The van der Waals surface area contributed by atoms with E-state index in [1.165, 1.54) is 38.4 Å². The number of para-hydroxylation sites is 1. The summed E-state index contributed by atoms with van der Waals surface area (Å²) in [5, 5.41) is 3.09. The van der Waals surface area contributed by atoms with E-state index in [9.17, 15) is 17.6 Å². The van der Waals surface area contributed by atoms with Gasteiger partial charge in [0.05, 0.1) is 30.2 Å². The number of amides is 1. The standard InChI is InChI=1S/C33H28FN3O6S/c1-18-7-6-8-27-30(18)36-33(43-27)24-15-20(11-14-26(24)41-4)22-16-23-28(17-25(22)37(3)44(5,39)40)42-31(29(23)32(38)35-2)19-9-12-21(34)13-10-19/h6-17H,1-5H3,(H,35,38). The highest BCUT2D eigenvalue weighted by atomic mass is 32.2. The molecule has 0 spiro atoms. The number of aryl methyl sites for hydroxylation is 1. The summed E-state index contributed by atoms with van der Waals surface area (Å²) >= 11 is 0. The van der Waals surface area contributed by atoms with E-state index in [0.717, 1.165) is 21.6 Å². The summed E-state index contributed by atoms with van der Waals surface area (Å²) in [5.41, 5.74) is 5.26. The van der Waals surface area contributed by atoms with Crippen LogP contribution in [0.5, 0.6) is 5.75 Å². The Balaban J connectivity index is 1.64. The molecule has 6 rings (SSSR count). The van der Waals surface area contributed by atoms with Crippen LogP contribution in [0.4, 0.5) is 10.1 Å². The zero-order valence-electron chi connectivity index (χ0n) is 24.6. The number of ether oxygens (including phenoxy) is 1. The van der Waals surface area contributed by atoms with Gasteiger partial charge < -0.3 is 18.9 Å². The Morgan fingerprint density at radius 2 is 1.68 bits per heavy atom. The fourth-order valence-electron chi connectivity index (χ4n) is 5.20. The van der Waals surface area contributed by atoms with Gasteiger partial charge in [-0.25, -0.2) is 17.8 Å². The lowest BCUT2D eigenvalue weighted by molar-refractivity contribution is 0.0964. The molecule has 0 aliphatic carbocycles. The Hall–Kier alpha value is -5.16. The van der Waals surface area contributed by atoms with E-state index in [0.29, 0.717) is 50.6 Å². The van der Waals surface area contributed by atoms with Crippen molar-refractivity contribution in [2.45, 2.75) is 6.92 Å². The number of hydrogen-bond acceptors (Lipinski definition) is 7. The fourth-order valence-corrected chi connectivity index (χ4v) is 5.71. The molecule has 1 N–H and O–H groups in total. The van der Waals surface area contributed by atoms with Gasteiger partial charge in [0.25, 0.3) is 5.91 Å². The summed E-state index contributed by atoms with van der Waals surface area (Å²) < 4.78 is 58.4. The number of methoxy groups -OCH3 is 1. The van der Waals surface area contributed by atoms with Gasteiger partial charge >= 0.3 is 0 Å². The largest absolute Gasteiger partial charge is 0.496 e. The molecule has 0 aliphatic heterocycles. The second kappa shape index (κ2) is 10.8. The molecule has 0 saturated heterocycles. The van der Waals surface area contributed by atoms with Gasteiger partial charge in [0, 0.05) is 36.7 Å². The quantitative estimate of drug-likeness (QED) is 0.211. The zero-order valence-corrected chi connectivity index (χ0v) is 25.4. The van der Waals surface area contributed by atoms with Crippen LogP contribution in [0, 0.1) is 12.7 Å². The molecular formula is C33H28FN3O6S. The van der Waals surface area contributed by atoms with Crippen LogP contribution in [-0.2, 0) is 10.0 Å². The summed E-state index contributed by atoms with van der Waals surface area (Å²) in [5.74, 6) is 0.206. The number of aromatic nitrogens is 1. The van der Waals surface area contributed by atoms with E-state index in [2.05, 4.69) is 5.32 Å². The molecule has 0 atom stereocenters. The number of oxazole rings is 1. The third-order valence-electron chi connectivity index (χ3n) is 7.57. The van der Waals surface area contributed by atoms with E-state index < -0.39 is 21.7 Å². The molecule has 0 saturated carbocycles. The van der Waals surface area contributed by atoms with Crippen LogP contribution in [0.1, 0.15) is 15.9 Å². The van der Waals surface area contributed by atoms with E-state index >= 15 is 0 Å². The number of carbonyl (C=O) groups is 1. The van der Waals surface area contributed by atoms with E-state index in [4.69, 9.17) is 18.6 Å². The van der Waals surface area contributed by atoms with Gasteiger partial charge in [0.2, 0.25) is 15.9 Å². The van der Waals surface area contributed by atoms with Gasteiger partial charge in [-0.1, -0.05) is 18.2 Å². The summed E-state index contributed by atoms with van der Waals surface area (Å²) in [7, 11) is 0.765. The summed E-state index contributed by atoms with van der Waals surface area (Å²) in [6, 6.07) is 19.9. The van der Waals surface area contributed by atoms with Crippen molar-refractivity contribution in [2.75, 3.05) is 31.8 Å². The summed E-state index contributed by atoms with van der Waals surface area (Å²) in [6.45, 7) is 1.94. The van der Waals surface area contributed by atoms with Gasteiger partial charge in [0.15, 0.2) is 5.58 Å². The topological polar surface area (TPSA) is 115 Å². The molecule has 2 heterocycles.